The van der Waals surface area contributed by atoms with Crippen LogP contribution in [-0.2, 0) is 6.18 Å². The molecule has 0 saturated carbocycles. The summed E-state index contributed by atoms with van der Waals surface area (Å²) in [7, 11) is 0. The van der Waals surface area contributed by atoms with Crippen LogP contribution in [0.5, 0.6) is 0 Å². The van der Waals surface area contributed by atoms with Gasteiger partial charge < -0.3 is 0 Å². The lowest BCUT2D eigenvalue weighted by Gasteiger charge is -2.06. The van der Waals surface area contributed by atoms with E-state index in [1.165, 1.54) is 30.7 Å². The average molecular weight is 224 g/mol. The molecule has 5 heteroatoms. The summed E-state index contributed by atoms with van der Waals surface area (Å²) in [5, 5.41) is 0. The minimum atomic E-state index is -4.30. The van der Waals surface area contributed by atoms with E-state index in [9.17, 15) is 13.2 Å². The lowest BCUT2D eigenvalue weighted by Crippen LogP contribution is -2.04. The zero-order valence-corrected chi connectivity index (χ0v) is 8.07. The Morgan fingerprint density at radius 1 is 0.938 bits per heavy atom. The predicted molar refractivity (Wildman–Crippen MR) is 52.5 cm³/mol. The highest BCUT2D eigenvalue weighted by Gasteiger charge is 2.29. The van der Waals surface area contributed by atoms with Crippen LogP contribution in [0.25, 0.3) is 11.3 Å². The first-order chi connectivity index (χ1) is 7.57. The largest absolute Gasteiger partial charge is 0.416 e. The van der Waals surface area contributed by atoms with Crippen molar-refractivity contribution in [2.24, 2.45) is 0 Å². The molecule has 0 radical (unpaired) electrons. The Morgan fingerprint density at radius 3 is 2.12 bits per heavy atom. The van der Waals surface area contributed by atoms with E-state index in [-0.39, 0.29) is 0 Å². The predicted octanol–water partition coefficient (Wildman–Crippen LogP) is 3.16. The third-order valence-corrected chi connectivity index (χ3v) is 2.07. The third-order valence-electron chi connectivity index (χ3n) is 2.07. The van der Waals surface area contributed by atoms with Gasteiger partial charge in [0, 0.05) is 18.0 Å². The molecule has 0 unspecified atom stereocenters. The second-order valence-electron chi connectivity index (χ2n) is 3.17. The van der Waals surface area contributed by atoms with Crippen molar-refractivity contribution in [3.8, 4) is 11.3 Å². The van der Waals surface area contributed by atoms with Crippen molar-refractivity contribution in [2.75, 3.05) is 0 Å². The Balaban J connectivity index is 2.34. The van der Waals surface area contributed by atoms with E-state index in [1.54, 1.807) is 0 Å². The number of hydrogen-bond donors (Lipinski definition) is 0. The SMILES string of the molecule is FC(F)(F)c1ccc(-c2cnccn2)cc1. The second-order valence-corrected chi connectivity index (χ2v) is 3.17. The molecule has 0 bridgehead atoms. The van der Waals surface area contributed by atoms with Gasteiger partial charge in [-0.05, 0) is 12.1 Å². The van der Waals surface area contributed by atoms with Crippen LogP contribution in [0.15, 0.2) is 42.9 Å². The van der Waals surface area contributed by atoms with Crippen LogP contribution < -0.4 is 0 Å². The van der Waals surface area contributed by atoms with Crippen molar-refractivity contribution in [3.63, 3.8) is 0 Å². The van der Waals surface area contributed by atoms with Crippen molar-refractivity contribution >= 4 is 0 Å². The smallest absolute Gasteiger partial charge is 0.261 e. The van der Waals surface area contributed by atoms with Crippen molar-refractivity contribution in [1.82, 2.24) is 9.97 Å². The normalized spacial score (nSPS) is 11.4. The lowest BCUT2D eigenvalue weighted by atomic mass is 10.1. The number of alkyl halides is 3. The molecule has 0 aliphatic heterocycles. The quantitative estimate of drug-likeness (QED) is 0.743. The van der Waals surface area contributed by atoms with Gasteiger partial charge in [0.15, 0.2) is 0 Å². The molecule has 1 aromatic carbocycles. The molecule has 0 spiro atoms. The molecule has 0 aliphatic carbocycles. The zero-order chi connectivity index (χ0) is 11.6. The van der Waals surface area contributed by atoms with E-state index in [2.05, 4.69) is 9.97 Å². The van der Waals surface area contributed by atoms with Gasteiger partial charge in [-0.1, -0.05) is 12.1 Å². The first-order valence-electron chi connectivity index (χ1n) is 4.51. The summed E-state index contributed by atoms with van der Waals surface area (Å²) in [5.41, 5.74) is 0.498. The molecule has 2 nitrogen and oxygen atoms in total. The fourth-order valence-corrected chi connectivity index (χ4v) is 1.28. The van der Waals surface area contributed by atoms with Crippen LogP contribution in [-0.4, -0.2) is 9.97 Å². The standard InChI is InChI=1S/C11H7F3N2/c12-11(13,14)9-3-1-8(2-4-9)10-7-15-5-6-16-10/h1-7H. The Morgan fingerprint density at radius 2 is 1.62 bits per heavy atom. The van der Waals surface area contributed by atoms with Gasteiger partial charge >= 0.3 is 6.18 Å². The van der Waals surface area contributed by atoms with E-state index in [0.29, 0.717) is 11.3 Å². The molecule has 0 aliphatic rings. The number of hydrogen-bond acceptors (Lipinski definition) is 2. The first kappa shape index (κ1) is 10.6. The highest BCUT2D eigenvalue weighted by molar-refractivity contribution is 5.58. The molecule has 82 valence electrons. The van der Waals surface area contributed by atoms with Crippen molar-refractivity contribution < 1.29 is 13.2 Å². The molecule has 0 amide bonds. The summed E-state index contributed by atoms with van der Waals surface area (Å²) in [6.45, 7) is 0. The second kappa shape index (κ2) is 3.92. The first-order valence-corrected chi connectivity index (χ1v) is 4.51. The topological polar surface area (TPSA) is 25.8 Å². The van der Waals surface area contributed by atoms with Crippen LogP contribution in [0.1, 0.15) is 5.56 Å². The molecule has 1 aromatic heterocycles. The van der Waals surface area contributed by atoms with Gasteiger partial charge in [-0.15, -0.1) is 0 Å². The summed E-state index contributed by atoms with van der Waals surface area (Å²) in [5.74, 6) is 0. The van der Waals surface area contributed by atoms with E-state index < -0.39 is 11.7 Å². The number of halogens is 3. The monoisotopic (exact) mass is 224 g/mol. The van der Waals surface area contributed by atoms with Gasteiger partial charge in [0.25, 0.3) is 0 Å². The van der Waals surface area contributed by atoms with Gasteiger partial charge in [0.1, 0.15) is 0 Å². The van der Waals surface area contributed by atoms with Crippen LogP contribution in [0.3, 0.4) is 0 Å². The maximum atomic E-state index is 12.3. The Kier molecular flexibility index (Phi) is 2.60. The summed E-state index contributed by atoms with van der Waals surface area (Å²) >= 11 is 0. The molecule has 0 fully saturated rings. The van der Waals surface area contributed by atoms with Crippen LogP contribution in [0, 0.1) is 0 Å². The van der Waals surface area contributed by atoms with E-state index in [4.69, 9.17) is 0 Å². The molecule has 0 atom stereocenters. The molecule has 0 saturated heterocycles. The molecule has 16 heavy (non-hydrogen) atoms. The van der Waals surface area contributed by atoms with E-state index in [1.807, 2.05) is 0 Å². The fraction of sp³-hybridized carbons (Fsp3) is 0.0909. The highest BCUT2D eigenvalue weighted by Crippen LogP contribution is 2.30. The number of nitrogens with zero attached hydrogens (tertiary/aromatic N) is 2. The van der Waals surface area contributed by atoms with E-state index in [0.717, 1.165) is 12.1 Å². The van der Waals surface area contributed by atoms with Gasteiger partial charge in [-0.2, -0.15) is 13.2 Å². The fourth-order valence-electron chi connectivity index (χ4n) is 1.28. The van der Waals surface area contributed by atoms with Crippen molar-refractivity contribution in [2.45, 2.75) is 6.18 Å². The molecule has 2 aromatic rings. The third kappa shape index (κ3) is 2.18. The number of benzene rings is 1. The van der Waals surface area contributed by atoms with Crippen molar-refractivity contribution in [3.05, 3.63) is 48.4 Å². The summed E-state index contributed by atoms with van der Waals surface area (Å²) in [6, 6.07) is 4.83. The Bertz CT molecular complexity index is 463. The van der Waals surface area contributed by atoms with Crippen molar-refractivity contribution in [1.29, 1.82) is 0 Å². The van der Waals surface area contributed by atoms with Crippen LogP contribution in [0.2, 0.25) is 0 Å². The molecular formula is C11H7F3N2. The molecular weight excluding hydrogens is 217 g/mol. The number of aromatic nitrogens is 2. The number of rotatable bonds is 1. The van der Waals surface area contributed by atoms with Crippen LogP contribution in [0.4, 0.5) is 13.2 Å². The maximum Gasteiger partial charge on any atom is 0.416 e. The minimum Gasteiger partial charge on any atom is -0.261 e. The van der Waals surface area contributed by atoms with Gasteiger partial charge in [0.05, 0.1) is 17.5 Å². The van der Waals surface area contributed by atoms with Crippen LogP contribution >= 0.6 is 0 Å². The summed E-state index contributed by atoms with van der Waals surface area (Å²) in [4.78, 5) is 7.84. The lowest BCUT2D eigenvalue weighted by molar-refractivity contribution is -0.137. The Labute approximate surface area is 89.8 Å². The molecule has 0 N–H and O–H groups in total. The van der Waals surface area contributed by atoms with E-state index >= 15 is 0 Å². The maximum absolute atomic E-state index is 12.3. The Hall–Kier alpha value is -1.91. The summed E-state index contributed by atoms with van der Waals surface area (Å²) in [6.07, 6.45) is 0.198. The van der Waals surface area contributed by atoms with Gasteiger partial charge in [-0.25, -0.2) is 0 Å². The average Bonchev–Trinajstić information content (AvgIpc) is 2.29. The summed E-state index contributed by atoms with van der Waals surface area (Å²) < 4.78 is 36.9. The van der Waals surface area contributed by atoms with Gasteiger partial charge in [-0.3, -0.25) is 9.97 Å². The highest BCUT2D eigenvalue weighted by atomic mass is 19.4. The molecule has 1 heterocycles. The minimum absolute atomic E-state index is 0.552. The molecule has 2 rings (SSSR count). The zero-order valence-electron chi connectivity index (χ0n) is 8.07. The van der Waals surface area contributed by atoms with Gasteiger partial charge in [0.2, 0.25) is 0 Å².